The van der Waals surface area contributed by atoms with E-state index in [4.69, 9.17) is 5.11 Å². The number of aliphatic carboxylic acids is 1. The molecule has 0 saturated carbocycles. The van der Waals surface area contributed by atoms with Gasteiger partial charge >= 0.3 is 5.97 Å². The quantitative estimate of drug-likeness (QED) is 0.718. The lowest BCUT2D eigenvalue weighted by Gasteiger charge is -2.20. The maximum absolute atomic E-state index is 10.8. The van der Waals surface area contributed by atoms with Gasteiger partial charge in [-0.3, -0.25) is 4.79 Å². The molecule has 0 amide bonds. The smallest absolute Gasteiger partial charge is 0.306 e. The molecule has 1 N–H and O–H groups in total. The van der Waals surface area contributed by atoms with Crippen molar-refractivity contribution in [3.05, 3.63) is 36.0 Å². The molecule has 0 aromatic heterocycles. The van der Waals surface area contributed by atoms with Gasteiger partial charge in [-0.05, 0) is 18.8 Å². The second kappa shape index (κ2) is 4.05. The van der Waals surface area contributed by atoms with Crippen LogP contribution in [0.15, 0.2) is 36.0 Å². The Labute approximate surface area is 90.0 Å². The van der Waals surface area contributed by atoms with Crippen molar-refractivity contribution in [2.24, 2.45) is 17.8 Å². The summed E-state index contributed by atoms with van der Waals surface area (Å²) in [6.45, 7) is 1.78. The lowest BCUT2D eigenvalue weighted by molar-refractivity contribution is -0.141. The molecule has 0 bridgehead atoms. The van der Waals surface area contributed by atoms with Gasteiger partial charge in [0.2, 0.25) is 0 Å². The van der Waals surface area contributed by atoms with Gasteiger partial charge in [0.15, 0.2) is 0 Å². The highest BCUT2D eigenvalue weighted by Gasteiger charge is 2.28. The third kappa shape index (κ3) is 2.04. The van der Waals surface area contributed by atoms with E-state index in [1.807, 2.05) is 0 Å². The minimum Gasteiger partial charge on any atom is -0.481 e. The Bertz CT molecular complexity index is 350. The molecule has 2 unspecified atom stereocenters. The van der Waals surface area contributed by atoms with Crippen LogP contribution in [0.25, 0.3) is 0 Å². The molecule has 0 aliphatic heterocycles. The summed E-state index contributed by atoms with van der Waals surface area (Å²) in [5, 5.41) is 8.88. The molecular weight excluding hydrogens is 188 g/mol. The molecule has 0 aromatic rings. The number of hydrogen-bond donors (Lipinski definition) is 1. The van der Waals surface area contributed by atoms with Crippen molar-refractivity contribution >= 4 is 5.97 Å². The van der Waals surface area contributed by atoms with Gasteiger partial charge in [-0.15, -0.1) is 0 Å². The molecule has 0 aromatic carbocycles. The van der Waals surface area contributed by atoms with E-state index < -0.39 is 5.97 Å². The Morgan fingerprint density at radius 2 is 2.27 bits per heavy atom. The zero-order valence-electron chi connectivity index (χ0n) is 8.89. The Morgan fingerprint density at radius 3 is 3.00 bits per heavy atom. The Hall–Kier alpha value is -1.31. The molecule has 0 radical (unpaired) electrons. The van der Waals surface area contributed by atoms with Crippen molar-refractivity contribution in [3.8, 4) is 0 Å². The monoisotopic (exact) mass is 204 g/mol. The summed E-state index contributed by atoms with van der Waals surface area (Å²) in [5.41, 5.74) is 1.30. The summed E-state index contributed by atoms with van der Waals surface area (Å²) in [7, 11) is 0. The Balaban J connectivity index is 2.03. The summed E-state index contributed by atoms with van der Waals surface area (Å²) >= 11 is 0. The molecule has 2 heteroatoms. The van der Waals surface area contributed by atoms with E-state index >= 15 is 0 Å². The predicted octanol–water partition coefficient (Wildman–Crippen LogP) is 2.79. The average Bonchev–Trinajstić information content (AvgIpc) is 2.62. The minimum atomic E-state index is -0.699. The van der Waals surface area contributed by atoms with Crippen molar-refractivity contribution in [2.75, 3.05) is 0 Å². The third-order valence-electron chi connectivity index (χ3n) is 3.29. The van der Waals surface area contributed by atoms with Crippen LogP contribution >= 0.6 is 0 Å². The molecule has 2 aliphatic rings. The van der Waals surface area contributed by atoms with Crippen LogP contribution < -0.4 is 0 Å². The molecular formula is C13H16O2. The molecule has 0 saturated heterocycles. The van der Waals surface area contributed by atoms with E-state index in [0.717, 1.165) is 6.42 Å². The molecule has 0 spiro atoms. The van der Waals surface area contributed by atoms with Gasteiger partial charge in [0.25, 0.3) is 0 Å². The van der Waals surface area contributed by atoms with Crippen LogP contribution in [-0.4, -0.2) is 11.1 Å². The van der Waals surface area contributed by atoms with Crippen molar-refractivity contribution in [1.29, 1.82) is 0 Å². The fourth-order valence-corrected chi connectivity index (χ4v) is 2.36. The van der Waals surface area contributed by atoms with Crippen molar-refractivity contribution in [1.82, 2.24) is 0 Å². The van der Waals surface area contributed by atoms with Gasteiger partial charge in [-0.2, -0.15) is 0 Å². The normalized spacial score (nSPS) is 29.8. The van der Waals surface area contributed by atoms with Crippen LogP contribution in [0.2, 0.25) is 0 Å². The minimum absolute atomic E-state index is 0.269. The van der Waals surface area contributed by atoms with E-state index in [9.17, 15) is 4.79 Å². The first kappa shape index (κ1) is 10.2. The van der Waals surface area contributed by atoms with Crippen LogP contribution in [0.4, 0.5) is 0 Å². The highest BCUT2D eigenvalue weighted by molar-refractivity contribution is 5.70. The van der Waals surface area contributed by atoms with Crippen LogP contribution in [0.5, 0.6) is 0 Å². The van der Waals surface area contributed by atoms with E-state index in [-0.39, 0.29) is 5.92 Å². The second-order valence-electron chi connectivity index (χ2n) is 4.42. The van der Waals surface area contributed by atoms with Crippen molar-refractivity contribution in [3.63, 3.8) is 0 Å². The zero-order chi connectivity index (χ0) is 10.8. The number of carbonyl (C=O) groups is 1. The van der Waals surface area contributed by atoms with Gasteiger partial charge in [-0.25, -0.2) is 0 Å². The number of allylic oxidation sites excluding steroid dienone is 6. The van der Waals surface area contributed by atoms with Gasteiger partial charge in [0.1, 0.15) is 0 Å². The van der Waals surface area contributed by atoms with Gasteiger partial charge in [0.05, 0.1) is 5.92 Å². The maximum Gasteiger partial charge on any atom is 0.306 e. The number of hydrogen-bond acceptors (Lipinski definition) is 1. The highest BCUT2D eigenvalue weighted by atomic mass is 16.4. The topological polar surface area (TPSA) is 37.3 Å². The Morgan fingerprint density at radius 1 is 1.53 bits per heavy atom. The van der Waals surface area contributed by atoms with Crippen molar-refractivity contribution < 1.29 is 9.90 Å². The first-order valence-electron chi connectivity index (χ1n) is 5.45. The molecule has 15 heavy (non-hydrogen) atoms. The summed E-state index contributed by atoms with van der Waals surface area (Å²) < 4.78 is 0. The number of carboxylic acid groups (broad SMARTS) is 1. The van der Waals surface area contributed by atoms with E-state index in [0.29, 0.717) is 18.3 Å². The molecule has 2 aliphatic carbocycles. The highest BCUT2D eigenvalue weighted by Crippen LogP contribution is 2.38. The lowest BCUT2D eigenvalue weighted by Crippen LogP contribution is -2.14. The third-order valence-corrected chi connectivity index (χ3v) is 3.29. The van der Waals surface area contributed by atoms with Gasteiger partial charge in [-0.1, -0.05) is 42.9 Å². The van der Waals surface area contributed by atoms with Crippen LogP contribution in [0, 0.1) is 17.8 Å². The molecule has 80 valence electrons. The average molecular weight is 204 g/mol. The molecule has 3 atom stereocenters. The predicted molar refractivity (Wildman–Crippen MR) is 59.4 cm³/mol. The summed E-state index contributed by atoms with van der Waals surface area (Å²) in [6.07, 6.45) is 12.5. The number of rotatable bonds is 3. The molecule has 0 fully saturated rings. The SMILES string of the molecule is C[C@@H](CC1=CCC2C=CC=CC12)C(=O)O. The first-order valence-corrected chi connectivity index (χ1v) is 5.45. The van der Waals surface area contributed by atoms with E-state index in [2.05, 4.69) is 30.4 Å². The Kier molecular flexibility index (Phi) is 2.76. The molecule has 2 nitrogen and oxygen atoms in total. The second-order valence-corrected chi connectivity index (χ2v) is 4.42. The van der Waals surface area contributed by atoms with Crippen molar-refractivity contribution in [2.45, 2.75) is 19.8 Å². The first-order chi connectivity index (χ1) is 7.18. The largest absolute Gasteiger partial charge is 0.481 e. The molecule has 2 rings (SSSR count). The number of carboxylic acids is 1. The van der Waals surface area contributed by atoms with Gasteiger partial charge < -0.3 is 5.11 Å². The zero-order valence-corrected chi connectivity index (χ0v) is 8.89. The van der Waals surface area contributed by atoms with E-state index in [1.165, 1.54) is 5.57 Å². The van der Waals surface area contributed by atoms with Crippen LogP contribution in [-0.2, 0) is 4.79 Å². The van der Waals surface area contributed by atoms with E-state index in [1.54, 1.807) is 6.92 Å². The summed E-state index contributed by atoms with van der Waals surface area (Å²) in [4.78, 5) is 10.8. The summed E-state index contributed by atoms with van der Waals surface area (Å²) in [5.74, 6) is 0.0618. The standard InChI is InChI=1S/C13H16O2/c1-9(13(14)15)8-11-7-6-10-4-2-3-5-12(10)11/h2-5,7,9-10,12H,6,8H2,1H3,(H,14,15)/t9-,10?,12?/m0/s1. The number of fused-ring (bicyclic) bond motifs is 1. The van der Waals surface area contributed by atoms with Crippen LogP contribution in [0.1, 0.15) is 19.8 Å². The van der Waals surface area contributed by atoms with Gasteiger partial charge in [0, 0.05) is 5.92 Å². The fraction of sp³-hybridized carbons (Fsp3) is 0.462. The molecule has 0 heterocycles. The summed E-state index contributed by atoms with van der Waals surface area (Å²) in [6, 6.07) is 0. The van der Waals surface area contributed by atoms with Crippen LogP contribution in [0.3, 0.4) is 0 Å². The lowest BCUT2D eigenvalue weighted by atomic mass is 9.84. The maximum atomic E-state index is 10.8. The fourth-order valence-electron chi connectivity index (χ4n) is 2.36.